The number of imidazole rings is 1. The van der Waals surface area contributed by atoms with Gasteiger partial charge in [-0.15, -0.1) is 0 Å². The van der Waals surface area contributed by atoms with E-state index in [4.69, 9.17) is 0 Å². The van der Waals surface area contributed by atoms with Crippen molar-refractivity contribution >= 4 is 28.7 Å². The third kappa shape index (κ3) is 3.54. The van der Waals surface area contributed by atoms with Gasteiger partial charge >= 0.3 is 0 Å². The second-order valence-electron chi connectivity index (χ2n) is 5.91. The molecule has 2 N–H and O–H groups in total. The number of nitrogens with one attached hydrogen (secondary N) is 2. The quantitative estimate of drug-likeness (QED) is 0.521. The van der Waals surface area contributed by atoms with Crippen molar-refractivity contribution in [3.05, 3.63) is 90.5 Å². The van der Waals surface area contributed by atoms with Crippen LogP contribution in [0, 0.1) is 0 Å². The van der Waals surface area contributed by atoms with Crippen LogP contribution < -0.4 is 5.32 Å². The Labute approximate surface area is 151 Å². The minimum Gasteiger partial charge on any atom is -0.338 e. The number of hydrogen-bond acceptors (Lipinski definition) is 2. The van der Waals surface area contributed by atoms with Crippen LogP contribution in [0.25, 0.3) is 28.5 Å². The zero-order chi connectivity index (χ0) is 17.8. The minimum atomic E-state index is -0.162. The Kier molecular flexibility index (Phi) is 4.31. The van der Waals surface area contributed by atoms with E-state index in [-0.39, 0.29) is 5.91 Å². The van der Waals surface area contributed by atoms with Gasteiger partial charge in [0.1, 0.15) is 5.82 Å². The summed E-state index contributed by atoms with van der Waals surface area (Å²) >= 11 is 0. The molecule has 4 rings (SSSR count). The maximum absolute atomic E-state index is 12.0. The van der Waals surface area contributed by atoms with Crippen molar-refractivity contribution in [3.8, 4) is 11.4 Å². The molecule has 0 fully saturated rings. The average molecular weight is 339 g/mol. The van der Waals surface area contributed by atoms with Gasteiger partial charge in [-0.25, -0.2) is 4.98 Å². The number of anilines is 1. The van der Waals surface area contributed by atoms with Crippen LogP contribution in [-0.2, 0) is 4.79 Å². The molecule has 0 aliphatic carbocycles. The van der Waals surface area contributed by atoms with E-state index >= 15 is 0 Å². The van der Waals surface area contributed by atoms with Crippen LogP contribution in [0.2, 0.25) is 0 Å². The third-order valence-corrected chi connectivity index (χ3v) is 4.04. The lowest BCUT2D eigenvalue weighted by Gasteiger charge is -2.03. The van der Waals surface area contributed by atoms with Crippen molar-refractivity contribution in [2.75, 3.05) is 5.32 Å². The summed E-state index contributed by atoms with van der Waals surface area (Å²) in [5.74, 6) is 0.651. The van der Waals surface area contributed by atoms with Gasteiger partial charge in [-0.05, 0) is 48.0 Å². The number of rotatable bonds is 4. The van der Waals surface area contributed by atoms with Crippen molar-refractivity contribution in [1.82, 2.24) is 9.97 Å². The second kappa shape index (κ2) is 7.07. The summed E-state index contributed by atoms with van der Waals surface area (Å²) in [6.07, 6.45) is 3.32. The fourth-order valence-corrected chi connectivity index (χ4v) is 2.72. The predicted molar refractivity (Wildman–Crippen MR) is 106 cm³/mol. The number of fused-ring (bicyclic) bond motifs is 1. The van der Waals surface area contributed by atoms with Crippen molar-refractivity contribution < 1.29 is 4.79 Å². The lowest BCUT2D eigenvalue weighted by atomic mass is 10.2. The largest absolute Gasteiger partial charge is 0.338 e. The Balaban J connectivity index is 1.45. The summed E-state index contributed by atoms with van der Waals surface area (Å²) in [7, 11) is 0. The topological polar surface area (TPSA) is 57.8 Å². The van der Waals surface area contributed by atoms with Crippen molar-refractivity contribution in [2.24, 2.45) is 0 Å². The SMILES string of the molecule is O=C(/C=C\c1ccccc1)Nc1ccc(-c2nc3ccccc3[nH]2)cc1. The Hall–Kier alpha value is -3.66. The number of amides is 1. The molecule has 126 valence electrons. The van der Waals surface area contributed by atoms with Crippen LogP contribution in [0.4, 0.5) is 5.69 Å². The molecule has 1 heterocycles. The lowest BCUT2D eigenvalue weighted by molar-refractivity contribution is -0.111. The van der Waals surface area contributed by atoms with Gasteiger partial charge in [0.15, 0.2) is 0 Å². The molecule has 0 radical (unpaired) electrons. The second-order valence-corrected chi connectivity index (χ2v) is 5.91. The molecule has 4 nitrogen and oxygen atoms in total. The normalized spacial score (nSPS) is 11.1. The van der Waals surface area contributed by atoms with Gasteiger partial charge < -0.3 is 10.3 Å². The maximum Gasteiger partial charge on any atom is 0.248 e. The van der Waals surface area contributed by atoms with Crippen molar-refractivity contribution in [1.29, 1.82) is 0 Å². The average Bonchev–Trinajstić information content (AvgIpc) is 3.12. The van der Waals surface area contributed by atoms with Crippen LogP contribution >= 0.6 is 0 Å². The number of para-hydroxylation sites is 2. The van der Waals surface area contributed by atoms with E-state index in [2.05, 4.69) is 15.3 Å². The van der Waals surface area contributed by atoms with Crippen LogP contribution in [-0.4, -0.2) is 15.9 Å². The molecular weight excluding hydrogens is 322 g/mol. The fourth-order valence-electron chi connectivity index (χ4n) is 2.72. The van der Waals surface area contributed by atoms with E-state index in [1.165, 1.54) is 6.08 Å². The summed E-state index contributed by atoms with van der Waals surface area (Å²) < 4.78 is 0. The molecule has 0 saturated heterocycles. The Morgan fingerprint density at radius 3 is 2.38 bits per heavy atom. The number of carbonyl (C=O) groups is 1. The van der Waals surface area contributed by atoms with Gasteiger partial charge in [0, 0.05) is 17.3 Å². The number of benzene rings is 3. The molecule has 26 heavy (non-hydrogen) atoms. The number of carbonyl (C=O) groups excluding carboxylic acids is 1. The fraction of sp³-hybridized carbons (Fsp3) is 0. The zero-order valence-corrected chi connectivity index (χ0v) is 14.0. The highest BCUT2D eigenvalue weighted by Crippen LogP contribution is 2.22. The Bertz CT molecular complexity index is 1030. The number of aromatic nitrogens is 2. The molecule has 4 heteroatoms. The summed E-state index contributed by atoms with van der Waals surface area (Å²) in [6.45, 7) is 0. The Morgan fingerprint density at radius 2 is 1.62 bits per heavy atom. The molecule has 0 aliphatic heterocycles. The monoisotopic (exact) mass is 339 g/mol. The van der Waals surface area contributed by atoms with Crippen LogP contribution in [0.15, 0.2) is 84.9 Å². The number of hydrogen-bond donors (Lipinski definition) is 2. The first kappa shape index (κ1) is 15.8. The summed E-state index contributed by atoms with van der Waals surface area (Å²) in [6, 6.07) is 25.3. The summed E-state index contributed by atoms with van der Waals surface area (Å²) in [4.78, 5) is 19.9. The molecule has 0 saturated carbocycles. The van der Waals surface area contributed by atoms with Gasteiger partial charge in [0.25, 0.3) is 0 Å². The highest BCUT2D eigenvalue weighted by atomic mass is 16.1. The number of H-pyrrole nitrogens is 1. The minimum absolute atomic E-state index is 0.162. The first-order chi connectivity index (χ1) is 12.8. The standard InChI is InChI=1S/C22H17N3O/c26-21(15-10-16-6-2-1-3-7-16)23-18-13-11-17(12-14-18)22-24-19-8-4-5-9-20(19)25-22/h1-15H,(H,23,26)(H,24,25)/b15-10-. The van der Waals surface area contributed by atoms with Gasteiger partial charge in [-0.3, -0.25) is 4.79 Å². The van der Waals surface area contributed by atoms with E-state index in [0.29, 0.717) is 0 Å². The molecular formula is C22H17N3O. The molecule has 3 aromatic carbocycles. The van der Waals surface area contributed by atoms with Gasteiger partial charge in [0.05, 0.1) is 11.0 Å². The van der Waals surface area contributed by atoms with Crippen LogP contribution in [0.5, 0.6) is 0 Å². The van der Waals surface area contributed by atoms with E-state index in [1.54, 1.807) is 6.08 Å². The first-order valence-electron chi connectivity index (χ1n) is 8.37. The smallest absolute Gasteiger partial charge is 0.248 e. The molecule has 1 aromatic heterocycles. The number of nitrogens with zero attached hydrogens (tertiary/aromatic N) is 1. The maximum atomic E-state index is 12.0. The Morgan fingerprint density at radius 1 is 0.885 bits per heavy atom. The van der Waals surface area contributed by atoms with E-state index in [9.17, 15) is 4.79 Å². The van der Waals surface area contributed by atoms with E-state index in [1.807, 2.05) is 78.9 Å². The zero-order valence-electron chi connectivity index (χ0n) is 14.0. The van der Waals surface area contributed by atoms with Gasteiger partial charge in [-0.1, -0.05) is 42.5 Å². The van der Waals surface area contributed by atoms with Crippen molar-refractivity contribution in [3.63, 3.8) is 0 Å². The van der Waals surface area contributed by atoms with Crippen LogP contribution in [0.3, 0.4) is 0 Å². The molecule has 0 spiro atoms. The molecule has 0 aliphatic rings. The molecule has 1 amide bonds. The molecule has 4 aromatic rings. The van der Waals surface area contributed by atoms with Crippen molar-refractivity contribution in [2.45, 2.75) is 0 Å². The van der Waals surface area contributed by atoms with Crippen LogP contribution in [0.1, 0.15) is 5.56 Å². The predicted octanol–water partition coefficient (Wildman–Crippen LogP) is 4.88. The van der Waals surface area contributed by atoms with E-state index < -0.39 is 0 Å². The van der Waals surface area contributed by atoms with Gasteiger partial charge in [-0.2, -0.15) is 0 Å². The van der Waals surface area contributed by atoms with E-state index in [0.717, 1.165) is 33.7 Å². The summed E-state index contributed by atoms with van der Waals surface area (Å²) in [5, 5.41) is 2.86. The summed E-state index contributed by atoms with van der Waals surface area (Å²) in [5.41, 5.74) is 4.64. The highest BCUT2D eigenvalue weighted by molar-refractivity contribution is 6.02. The molecule has 0 bridgehead atoms. The first-order valence-corrected chi connectivity index (χ1v) is 8.37. The lowest BCUT2D eigenvalue weighted by Crippen LogP contribution is -2.07. The molecule has 0 unspecified atom stereocenters. The molecule has 0 atom stereocenters. The third-order valence-electron chi connectivity index (χ3n) is 4.04. The van der Waals surface area contributed by atoms with Gasteiger partial charge in [0.2, 0.25) is 5.91 Å². The highest BCUT2D eigenvalue weighted by Gasteiger charge is 2.05. The number of aromatic amines is 1.